The second-order valence-corrected chi connectivity index (χ2v) is 6.26. The Bertz CT molecular complexity index is 552. The van der Waals surface area contributed by atoms with Gasteiger partial charge in [-0.2, -0.15) is 0 Å². The number of rotatable bonds is 3. The molecular formula is C15H13Br2F. The van der Waals surface area contributed by atoms with Crippen LogP contribution in [0.3, 0.4) is 0 Å². The summed E-state index contributed by atoms with van der Waals surface area (Å²) in [6, 6.07) is 13.7. The molecule has 0 aromatic heterocycles. The summed E-state index contributed by atoms with van der Waals surface area (Å²) < 4.78 is 14.5. The molecule has 0 aliphatic heterocycles. The van der Waals surface area contributed by atoms with Gasteiger partial charge in [-0.25, -0.2) is 4.39 Å². The number of aryl methyl sites for hydroxylation is 1. The fourth-order valence-corrected chi connectivity index (χ4v) is 3.03. The van der Waals surface area contributed by atoms with Crippen molar-refractivity contribution in [1.82, 2.24) is 0 Å². The number of hydrogen-bond donors (Lipinski definition) is 0. The standard InChI is InChI=1S/C15H13Br2F/c1-10-4-2-5-11(8-10)9-14(17)12-6-3-7-13(16)15(12)18/h2-8,14H,9H2,1H3. The molecule has 0 aliphatic rings. The Hall–Kier alpha value is -0.670. The topological polar surface area (TPSA) is 0 Å². The summed E-state index contributed by atoms with van der Waals surface area (Å²) in [6.45, 7) is 2.06. The molecule has 2 aromatic carbocycles. The van der Waals surface area contributed by atoms with E-state index in [4.69, 9.17) is 0 Å². The largest absolute Gasteiger partial charge is 0.205 e. The van der Waals surface area contributed by atoms with Gasteiger partial charge in [0.25, 0.3) is 0 Å². The van der Waals surface area contributed by atoms with Crippen molar-refractivity contribution in [2.45, 2.75) is 18.2 Å². The highest BCUT2D eigenvalue weighted by Gasteiger charge is 2.15. The van der Waals surface area contributed by atoms with Crippen molar-refractivity contribution >= 4 is 31.9 Å². The van der Waals surface area contributed by atoms with Crippen LogP contribution in [0.2, 0.25) is 0 Å². The normalized spacial score (nSPS) is 12.4. The highest BCUT2D eigenvalue weighted by Crippen LogP contribution is 2.32. The monoisotopic (exact) mass is 370 g/mol. The molecule has 0 bridgehead atoms. The average molecular weight is 372 g/mol. The fourth-order valence-electron chi connectivity index (χ4n) is 1.92. The molecule has 18 heavy (non-hydrogen) atoms. The molecule has 1 unspecified atom stereocenters. The summed E-state index contributed by atoms with van der Waals surface area (Å²) in [6.07, 6.45) is 0.773. The predicted molar refractivity (Wildman–Crippen MR) is 80.7 cm³/mol. The van der Waals surface area contributed by atoms with E-state index in [1.54, 1.807) is 6.07 Å². The SMILES string of the molecule is Cc1cccc(CC(Br)c2cccc(Br)c2F)c1. The van der Waals surface area contributed by atoms with Crippen LogP contribution < -0.4 is 0 Å². The Balaban J connectivity index is 2.22. The van der Waals surface area contributed by atoms with Crippen LogP contribution in [0, 0.1) is 12.7 Å². The second kappa shape index (κ2) is 5.98. The summed E-state index contributed by atoms with van der Waals surface area (Å²) >= 11 is 6.79. The van der Waals surface area contributed by atoms with Crippen molar-refractivity contribution in [2.24, 2.45) is 0 Å². The van der Waals surface area contributed by atoms with Gasteiger partial charge < -0.3 is 0 Å². The van der Waals surface area contributed by atoms with E-state index in [0.29, 0.717) is 10.0 Å². The van der Waals surface area contributed by atoms with Gasteiger partial charge in [-0.15, -0.1) is 0 Å². The van der Waals surface area contributed by atoms with Gasteiger partial charge in [-0.1, -0.05) is 57.9 Å². The molecule has 0 saturated carbocycles. The molecule has 94 valence electrons. The zero-order valence-electron chi connectivity index (χ0n) is 9.96. The van der Waals surface area contributed by atoms with Crippen LogP contribution in [0.1, 0.15) is 21.5 Å². The van der Waals surface area contributed by atoms with Crippen molar-refractivity contribution in [2.75, 3.05) is 0 Å². The third-order valence-corrected chi connectivity index (χ3v) is 4.25. The minimum Gasteiger partial charge on any atom is -0.205 e. The smallest absolute Gasteiger partial charge is 0.141 e. The Morgan fingerprint density at radius 2 is 1.89 bits per heavy atom. The highest BCUT2D eigenvalue weighted by molar-refractivity contribution is 9.10. The lowest BCUT2D eigenvalue weighted by atomic mass is 10.0. The molecule has 0 radical (unpaired) electrons. The first kappa shape index (κ1) is 13.8. The molecule has 0 N–H and O–H groups in total. The first-order valence-corrected chi connectivity index (χ1v) is 7.42. The summed E-state index contributed by atoms with van der Waals surface area (Å²) in [5.74, 6) is -0.188. The molecule has 2 aromatic rings. The van der Waals surface area contributed by atoms with Crippen molar-refractivity contribution in [3.05, 3.63) is 69.4 Å². The maximum absolute atomic E-state index is 14.0. The lowest BCUT2D eigenvalue weighted by molar-refractivity contribution is 0.601. The third-order valence-electron chi connectivity index (χ3n) is 2.82. The Morgan fingerprint density at radius 1 is 1.17 bits per heavy atom. The van der Waals surface area contributed by atoms with Gasteiger partial charge in [0.15, 0.2) is 0 Å². The Labute approximate surface area is 123 Å². The van der Waals surface area contributed by atoms with Crippen LogP contribution >= 0.6 is 31.9 Å². The third kappa shape index (κ3) is 3.21. The molecule has 0 nitrogen and oxygen atoms in total. The van der Waals surface area contributed by atoms with Crippen LogP contribution in [0.4, 0.5) is 4.39 Å². The number of hydrogen-bond acceptors (Lipinski definition) is 0. The average Bonchev–Trinajstić information content (AvgIpc) is 2.32. The zero-order valence-corrected chi connectivity index (χ0v) is 13.1. The van der Waals surface area contributed by atoms with Gasteiger partial charge in [-0.05, 0) is 40.9 Å². The van der Waals surface area contributed by atoms with Gasteiger partial charge in [0.2, 0.25) is 0 Å². The van der Waals surface area contributed by atoms with Crippen LogP contribution in [0.15, 0.2) is 46.9 Å². The van der Waals surface area contributed by atoms with Crippen molar-refractivity contribution in [1.29, 1.82) is 0 Å². The lowest BCUT2D eigenvalue weighted by Crippen LogP contribution is -1.99. The second-order valence-electron chi connectivity index (χ2n) is 4.30. The molecule has 1 atom stereocenters. The van der Waals surface area contributed by atoms with Crippen molar-refractivity contribution in [3.8, 4) is 0 Å². The first-order chi connectivity index (χ1) is 8.58. The van der Waals surface area contributed by atoms with Crippen LogP contribution in [0.5, 0.6) is 0 Å². The quantitative estimate of drug-likeness (QED) is 0.618. The van der Waals surface area contributed by atoms with E-state index < -0.39 is 0 Å². The summed E-state index contributed by atoms with van der Waals surface area (Å²) in [5, 5.41) is 0. The highest BCUT2D eigenvalue weighted by atomic mass is 79.9. The number of benzene rings is 2. The van der Waals surface area contributed by atoms with Gasteiger partial charge in [0.05, 0.1) is 4.47 Å². The maximum Gasteiger partial charge on any atom is 0.141 e. The molecule has 0 saturated heterocycles. The molecule has 0 amide bonds. The number of alkyl halides is 1. The van der Waals surface area contributed by atoms with Gasteiger partial charge >= 0.3 is 0 Å². The van der Waals surface area contributed by atoms with E-state index in [-0.39, 0.29) is 10.6 Å². The molecule has 0 fully saturated rings. The fraction of sp³-hybridized carbons (Fsp3) is 0.200. The molecular weight excluding hydrogens is 359 g/mol. The summed E-state index contributed by atoms with van der Waals surface area (Å²) in [7, 11) is 0. The van der Waals surface area contributed by atoms with E-state index in [9.17, 15) is 4.39 Å². The zero-order chi connectivity index (χ0) is 13.1. The molecule has 2 rings (SSSR count). The van der Waals surface area contributed by atoms with E-state index in [0.717, 1.165) is 6.42 Å². The molecule has 0 spiro atoms. The maximum atomic E-state index is 14.0. The van der Waals surface area contributed by atoms with Gasteiger partial charge in [0, 0.05) is 10.4 Å². The van der Waals surface area contributed by atoms with Crippen molar-refractivity contribution in [3.63, 3.8) is 0 Å². The Morgan fingerprint density at radius 3 is 2.61 bits per heavy atom. The Kier molecular flexibility index (Phi) is 4.57. The minimum atomic E-state index is -0.188. The van der Waals surface area contributed by atoms with E-state index in [2.05, 4.69) is 57.0 Å². The van der Waals surface area contributed by atoms with E-state index >= 15 is 0 Å². The molecule has 3 heteroatoms. The van der Waals surface area contributed by atoms with Crippen LogP contribution in [0.25, 0.3) is 0 Å². The summed E-state index contributed by atoms with van der Waals surface area (Å²) in [5.41, 5.74) is 3.11. The summed E-state index contributed by atoms with van der Waals surface area (Å²) in [4.78, 5) is -0.0169. The minimum absolute atomic E-state index is 0.0169. The van der Waals surface area contributed by atoms with Gasteiger partial charge in [0.1, 0.15) is 5.82 Å². The first-order valence-electron chi connectivity index (χ1n) is 5.71. The van der Waals surface area contributed by atoms with E-state index in [1.807, 2.05) is 18.2 Å². The van der Waals surface area contributed by atoms with Crippen molar-refractivity contribution < 1.29 is 4.39 Å². The van der Waals surface area contributed by atoms with Crippen LogP contribution in [-0.4, -0.2) is 0 Å². The molecule has 0 aliphatic carbocycles. The molecule has 0 heterocycles. The van der Waals surface area contributed by atoms with Crippen LogP contribution in [-0.2, 0) is 6.42 Å². The number of halogens is 3. The predicted octanol–water partition coefficient (Wildman–Crippen LogP) is 5.58. The van der Waals surface area contributed by atoms with E-state index in [1.165, 1.54) is 11.1 Å². The van der Waals surface area contributed by atoms with Gasteiger partial charge in [-0.3, -0.25) is 0 Å². The lowest BCUT2D eigenvalue weighted by Gasteiger charge is -2.12.